The van der Waals surface area contributed by atoms with Crippen LogP contribution in [0.3, 0.4) is 0 Å². The molecule has 3 aromatic rings. The number of nitrogens with zero attached hydrogens (tertiary/aromatic N) is 3. The number of H-pyrrole nitrogens is 1. The number of furan rings is 1. The molecule has 0 spiro atoms. The highest BCUT2D eigenvalue weighted by Gasteiger charge is 2.36. The molecule has 2 N–H and O–H groups in total. The Morgan fingerprint density at radius 1 is 1.31 bits per heavy atom. The van der Waals surface area contributed by atoms with Crippen molar-refractivity contribution in [2.45, 2.75) is 31.2 Å². The van der Waals surface area contributed by atoms with Crippen molar-refractivity contribution in [3.8, 4) is 11.5 Å². The smallest absolute Gasteiger partial charge is 0.441 e. The van der Waals surface area contributed by atoms with Crippen LogP contribution in [0.2, 0.25) is 0 Å². The van der Waals surface area contributed by atoms with E-state index >= 15 is 0 Å². The first-order valence-corrected chi connectivity index (χ1v) is 8.60. The monoisotopic (exact) mass is 391 g/mol. The zero-order chi connectivity index (χ0) is 19.1. The van der Waals surface area contributed by atoms with Crippen LogP contribution in [0.25, 0.3) is 11.5 Å². The van der Waals surface area contributed by atoms with E-state index in [-0.39, 0.29) is 17.3 Å². The van der Waals surface area contributed by atoms with E-state index in [0.29, 0.717) is 11.9 Å². The predicted octanol–water partition coefficient (Wildman–Crippen LogP) is 2.42. The highest BCUT2D eigenvalue weighted by atomic mass is 32.2. The Morgan fingerprint density at radius 2 is 2.04 bits per heavy atom. The van der Waals surface area contributed by atoms with Gasteiger partial charge in [0.2, 0.25) is 10.9 Å². The van der Waals surface area contributed by atoms with Gasteiger partial charge in [-0.15, -0.1) is 0 Å². The van der Waals surface area contributed by atoms with Gasteiger partial charge < -0.3 is 8.94 Å². The fourth-order valence-electron chi connectivity index (χ4n) is 2.02. The van der Waals surface area contributed by atoms with Gasteiger partial charge >= 0.3 is 6.18 Å². The topological polar surface area (TPSA) is 127 Å². The van der Waals surface area contributed by atoms with Gasteiger partial charge in [0.05, 0.1) is 6.04 Å². The van der Waals surface area contributed by atoms with E-state index < -0.39 is 33.1 Å². The molecule has 0 aliphatic carbocycles. The summed E-state index contributed by atoms with van der Waals surface area (Å²) >= 11 is 0. The molecule has 0 aromatic carbocycles. The molecule has 3 heterocycles. The quantitative estimate of drug-likeness (QED) is 0.684. The number of aryl methyl sites for hydroxylation is 1. The van der Waals surface area contributed by atoms with Crippen LogP contribution >= 0.6 is 0 Å². The summed E-state index contributed by atoms with van der Waals surface area (Å²) in [6, 6.07) is 2.12. The first-order valence-electron chi connectivity index (χ1n) is 7.11. The molecule has 0 saturated heterocycles. The maximum atomic E-state index is 12.5. The van der Waals surface area contributed by atoms with Crippen molar-refractivity contribution >= 4 is 10.0 Å². The van der Waals surface area contributed by atoms with E-state index in [1.807, 2.05) is 0 Å². The average molecular weight is 391 g/mol. The standard InChI is InChI=1S/C13H12F3N5O4S/c1-6(12-17-7(2)18-19-12)21-26(22,23)11-4-3-9(24-11)8-5-10(25-20-8)13(14,15)16/h3-6,21H,1-2H3,(H,17,18,19)/t6-/m0/s1. The fourth-order valence-corrected chi connectivity index (χ4v) is 3.16. The van der Waals surface area contributed by atoms with Gasteiger partial charge in [-0.2, -0.15) is 23.0 Å². The van der Waals surface area contributed by atoms with Crippen LogP contribution in [-0.4, -0.2) is 28.8 Å². The molecule has 3 aromatic heterocycles. The van der Waals surface area contributed by atoms with E-state index in [0.717, 1.165) is 6.07 Å². The second-order valence-electron chi connectivity index (χ2n) is 5.31. The van der Waals surface area contributed by atoms with E-state index in [1.165, 1.54) is 13.0 Å². The molecule has 140 valence electrons. The normalized spacial score (nSPS) is 13.9. The number of alkyl halides is 3. The van der Waals surface area contributed by atoms with Crippen molar-refractivity contribution in [1.29, 1.82) is 0 Å². The Balaban J connectivity index is 1.81. The van der Waals surface area contributed by atoms with Crippen LogP contribution in [0.15, 0.2) is 32.2 Å². The summed E-state index contributed by atoms with van der Waals surface area (Å²) in [5.74, 6) is -0.770. The van der Waals surface area contributed by atoms with Gasteiger partial charge in [-0.05, 0) is 26.0 Å². The molecule has 0 aliphatic rings. The molecule has 0 radical (unpaired) electrons. The van der Waals surface area contributed by atoms with Crippen molar-refractivity contribution in [3.63, 3.8) is 0 Å². The second kappa shape index (κ2) is 6.25. The van der Waals surface area contributed by atoms with E-state index in [1.54, 1.807) is 6.92 Å². The molecule has 0 bridgehead atoms. The summed E-state index contributed by atoms with van der Waals surface area (Å²) < 4.78 is 73.9. The molecule has 1 atom stereocenters. The Morgan fingerprint density at radius 3 is 2.62 bits per heavy atom. The minimum atomic E-state index is -4.71. The lowest BCUT2D eigenvalue weighted by atomic mass is 10.3. The van der Waals surface area contributed by atoms with Crippen LogP contribution in [0.1, 0.15) is 30.4 Å². The SMILES string of the molecule is Cc1nc([C@H](C)NS(=O)(=O)c2ccc(-c3cc(C(F)(F)F)on3)o2)n[nH]1. The van der Waals surface area contributed by atoms with Crippen molar-refractivity contribution in [1.82, 2.24) is 25.1 Å². The van der Waals surface area contributed by atoms with Crippen LogP contribution in [-0.2, 0) is 16.2 Å². The van der Waals surface area contributed by atoms with Crippen molar-refractivity contribution in [2.75, 3.05) is 0 Å². The molecular formula is C13H12F3N5O4S. The van der Waals surface area contributed by atoms with Gasteiger partial charge in [0, 0.05) is 6.07 Å². The number of halogens is 3. The first kappa shape index (κ1) is 18.1. The van der Waals surface area contributed by atoms with Crippen molar-refractivity contribution in [2.24, 2.45) is 0 Å². The van der Waals surface area contributed by atoms with Crippen molar-refractivity contribution in [3.05, 3.63) is 35.6 Å². The predicted molar refractivity (Wildman–Crippen MR) is 79.1 cm³/mol. The van der Waals surface area contributed by atoms with E-state index in [2.05, 4.69) is 29.6 Å². The Kier molecular flexibility index (Phi) is 4.36. The number of rotatable bonds is 5. The Hall–Kier alpha value is -2.67. The van der Waals surface area contributed by atoms with E-state index in [9.17, 15) is 21.6 Å². The Bertz CT molecular complexity index is 1020. The zero-order valence-electron chi connectivity index (χ0n) is 13.3. The number of nitrogens with one attached hydrogen (secondary N) is 2. The average Bonchev–Trinajstić information content (AvgIpc) is 3.25. The maximum Gasteiger partial charge on any atom is 0.452 e. The summed E-state index contributed by atoms with van der Waals surface area (Å²) in [4.78, 5) is 4.01. The van der Waals surface area contributed by atoms with Gasteiger partial charge in [-0.1, -0.05) is 5.16 Å². The number of hydrogen-bond acceptors (Lipinski definition) is 7. The summed E-state index contributed by atoms with van der Waals surface area (Å²) in [6.45, 7) is 3.18. The van der Waals surface area contributed by atoms with Gasteiger partial charge in [0.1, 0.15) is 11.5 Å². The first-order chi connectivity index (χ1) is 12.1. The summed E-state index contributed by atoms with van der Waals surface area (Å²) in [6.07, 6.45) is -4.71. The van der Waals surface area contributed by atoms with Gasteiger partial charge in [-0.3, -0.25) is 5.10 Å². The van der Waals surface area contributed by atoms with Gasteiger partial charge in [0.15, 0.2) is 11.6 Å². The highest BCUT2D eigenvalue weighted by Crippen LogP contribution is 2.33. The van der Waals surface area contributed by atoms with Crippen LogP contribution < -0.4 is 4.72 Å². The minimum Gasteiger partial charge on any atom is -0.441 e. The van der Waals surface area contributed by atoms with Crippen LogP contribution in [0, 0.1) is 6.92 Å². The lowest BCUT2D eigenvalue weighted by molar-refractivity contribution is -0.155. The molecule has 9 nitrogen and oxygen atoms in total. The van der Waals surface area contributed by atoms with Crippen molar-refractivity contribution < 1.29 is 30.5 Å². The molecule has 13 heteroatoms. The summed E-state index contributed by atoms with van der Waals surface area (Å²) in [7, 11) is -4.10. The largest absolute Gasteiger partial charge is 0.452 e. The molecule has 0 fully saturated rings. The van der Waals surface area contributed by atoms with Gasteiger partial charge in [-0.25, -0.2) is 13.4 Å². The van der Waals surface area contributed by atoms with Gasteiger partial charge in [0.25, 0.3) is 10.0 Å². The number of hydrogen-bond donors (Lipinski definition) is 2. The molecule has 0 saturated carbocycles. The van der Waals surface area contributed by atoms with Crippen LogP contribution in [0.5, 0.6) is 0 Å². The zero-order valence-corrected chi connectivity index (χ0v) is 14.1. The maximum absolute atomic E-state index is 12.5. The molecule has 3 rings (SSSR count). The minimum absolute atomic E-state index is 0.189. The third-order valence-electron chi connectivity index (χ3n) is 3.22. The second-order valence-corrected chi connectivity index (χ2v) is 6.96. The lowest BCUT2D eigenvalue weighted by Crippen LogP contribution is -2.27. The third-order valence-corrected chi connectivity index (χ3v) is 4.63. The van der Waals surface area contributed by atoms with Crippen LogP contribution in [0.4, 0.5) is 13.2 Å². The molecule has 0 unspecified atom stereocenters. The number of aromatic nitrogens is 4. The third kappa shape index (κ3) is 3.62. The molecular weight excluding hydrogens is 379 g/mol. The molecule has 0 aliphatic heterocycles. The number of aromatic amines is 1. The van der Waals surface area contributed by atoms with E-state index in [4.69, 9.17) is 4.42 Å². The Labute approximate surface area is 144 Å². The fraction of sp³-hybridized carbons (Fsp3) is 0.308. The molecule has 26 heavy (non-hydrogen) atoms. The summed E-state index contributed by atoms with van der Waals surface area (Å²) in [5, 5.41) is 9.17. The lowest BCUT2D eigenvalue weighted by Gasteiger charge is -2.09. The highest BCUT2D eigenvalue weighted by molar-refractivity contribution is 7.89. The molecule has 0 amide bonds. The summed E-state index contributed by atoms with van der Waals surface area (Å²) in [5.41, 5.74) is -0.281. The number of sulfonamides is 1.